The summed E-state index contributed by atoms with van der Waals surface area (Å²) in [5.41, 5.74) is 2.54. The lowest BCUT2D eigenvalue weighted by molar-refractivity contribution is 0.203. The van der Waals surface area contributed by atoms with Crippen LogP contribution in [0.1, 0.15) is 16.9 Å². The number of nitrogens with zero attached hydrogens (tertiary/aromatic N) is 2. The number of nitrogens with one attached hydrogen (secondary N) is 2. The number of ether oxygens (including phenoxy) is 1. The summed E-state index contributed by atoms with van der Waals surface area (Å²) in [6.45, 7) is 3.74. The highest BCUT2D eigenvalue weighted by Gasteiger charge is 2.08. The molecule has 2 aromatic rings. The van der Waals surface area contributed by atoms with Crippen LogP contribution in [-0.2, 0) is 24.4 Å². The molecule has 0 saturated heterocycles. The van der Waals surface area contributed by atoms with Gasteiger partial charge in [0.2, 0.25) is 0 Å². The minimum Gasteiger partial charge on any atom is -0.468 e. The molecule has 0 fully saturated rings. The highest BCUT2D eigenvalue weighted by Crippen LogP contribution is 2.13. The van der Waals surface area contributed by atoms with Crippen molar-refractivity contribution < 1.29 is 9.15 Å². The summed E-state index contributed by atoms with van der Waals surface area (Å²) in [6, 6.07) is 12.4. The van der Waals surface area contributed by atoms with Crippen molar-refractivity contribution in [3.05, 3.63) is 59.5 Å². The maximum atomic E-state index is 5.42. The molecule has 1 aromatic carbocycles. The van der Waals surface area contributed by atoms with Crippen LogP contribution < -0.4 is 10.6 Å². The molecule has 0 bridgehead atoms. The molecule has 0 saturated carbocycles. The summed E-state index contributed by atoms with van der Waals surface area (Å²) in [5, 5.41) is 6.57. The van der Waals surface area contributed by atoms with E-state index >= 15 is 0 Å². The number of aliphatic imine (C=N–C) groups is 1. The Morgan fingerprint density at radius 2 is 1.92 bits per heavy atom. The van der Waals surface area contributed by atoms with Gasteiger partial charge in [0, 0.05) is 33.8 Å². The lowest BCUT2D eigenvalue weighted by Gasteiger charge is -2.19. The van der Waals surface area contributed by atoms with Gasteiger partial charge in [-0.15, -0.1) is 0 Å². The first-order valence-corrected chi connectivity index (χ1v) is 8.44. The van der Waals surface area contributed by atoms with Gasteiger partial charge in [-0.05, 0) is 30.3 Å². The van der Waals surface area contributed by atoms with Crippen molar-refractivity contribution in [2.24, 2.45) is 4.99 Å². The molecule has 0 unspecified atom stereocenters. The number of hydrogen-bond donors (Lipinski definition) is 2. The Kier molecular flexibility index (Phi) is 8.01. The Morgan fingerprint density at radius 3 is 2.60 bits per heavy atom. The number of furan rings is 1. The minimum absolute atomic E-state index is 0.648. The molecule has 2 rings (SSSR count). The smallest absolute Gasteiger partial charge is 0.191 e. The number of hydrogen-bond acceptors (Lipinski definition) is 4. The van der Waals surface area contributed by atoms with Gasteiger partial charge in [-0.2, -0.15) is 0 Å². The van der Waals surface area contributed by atoms with Gasteiger partial charge in [-0.3, -0.25) is 9.89 Å². The van der Waals surface area contributed by atoms with Crippen LogP contribution in [0.2, 0.25) is 0 Å². The van der Waals surface area contributed by atoms with Crippen molar-refractivity contribution in [1.29, 1.82) is 0 Å². The van der Waals surface area contributed by atoms with E-state index in [4.69, 9.17) is 9.15 Å². The Balaban J connectivity index is 1.90. The monoisotopic (exact) mass is 344 g/mol. The van der Waals surface area contributed by atoms with E-state index < -0.39 is 0 Å². The Bertz CT molecular complexity index is 641. The lowest BCUT2D eigenvalue weighted by Crippen LogP contribution is -2.38. The predicted octanol–water partition coefficient (Wildman–Crippen LogP) is 2.22. The highest BCUT2D eigenvalue weighted by molar-refractivity contribution is 5.79. The molecule has 6 nitrogen and oxygen atoms in total. The first-order valence-electron chi connectivity index (χ1n) is 8.44. The van der Waals surface area contributed by atoms with Crippen LogP contribution in [0.5, 0.6) is 0 Å². The molecule has 0 spiro atoms. The van der Waals surface area contributed by atoms with Gasteiger partial charge in [0.25, 0.3) is 0 Å². The van der Waals surface area contributed by atoms with Crippen LogP contribution in [0.4, 0.5) is 0 Å². The van der Waals surface area contributed by atoms with Gasteiger partial charge in [0.15, 0.2) is 5.96 Å². The van der Waals surface area contributed by atoms with Crippen molar-refractivity contribution in [3.8, 4) is 0 Å². The number of methoxy groups -OCH3 is 1. The number of benzene rings is 1. The fraction of sp³-hybridized carbons (Fsp3) is 0.421. The quantitative estimate of drug-likeness (QED) is 0.415. The molecule has 0 amide bonds. The van der Waals surface area contributed by atoms with Gasteiger partial charge in [-0.25, -0.2) is 0 Å². The third kappa shape index (κ3) is 6.60. The standard InChI is InChI=1S/C19H28N4O2/c1-20-19(21-10-12-24-3)22-13-16-7-4-5-8-17(16)14-23(2)15-18-9-6-11-25-18/h4-9,11H,10,12-15H2,1-3H3,(H2,20,21,22). The van der Waals surface area contributed by atoms with Crippen LogP contribution in [0.15, 0.2) is 52.1 Å². The molecule has 0 radical (unpaired) electrons. The summed E-state index contributed by atoms with van der Waals surface area (Å²) in [6.07, 6.45) is 1.71. The molecule has 6 heteroatoms. The molecule has 0 aliphatic carbocycles. The Morgan fingerprint density at radius 1 is 1.12 bits per heavy atom. The fourth-order valence-corrected chi connectivity index (χ4v) is 2.57. The maximum Gasteiger partial charge on any atom is 0.191 e. The van der Waals surface area contributed by atoms with E-state index in [2.05, 4.69) is 51.8 Å². The Labute approximate surface area is 149 Å². The van der Waals surface area contributed by atoms with Gasteiger partial charge >= 0.3 is 0 Å². The van der Waals surface area contributed by atoms with Crippen LogP contribution in [-0.4, -0.2) is 45.2 Å². The van der Waals surface area contributed by atoms with E-state index in [1.54, 1.807) is 20.4 Å². The molecular weight excluding hydrogens is 316 g/mol. The second kappa shape index (κ2) is 10.5. The van der Waals surface area contributed by atoms with Gasteiger partial charge in [-0.1, -0.05) is 24.3 Å². The zero-order valence-corrected chi connectivity index (χ0v) is 15.3. The summed E-state index contributed by atoms with van der Waals surface area (Å²) < 4.78 is 10.5. The SMILES string of the molecule is CN=C(NCCOC)NCc1ccccc1CN(C)Cc1ccco1. The summed E-state index contributed by atoms with van der Waals surface area (Å²) >= 11 is 0. The van der Waals surface area contributed by atoms with Crippen LogP contribution in [0, 0.1) is 0 Å². The van der Waals surface area contributed by atoms with Crippen LogP contribution >= 0.6 is 0 Å². The molecular formula is C19H28N4O2. The van der Waals surface area contributed by atoms with Crippen LogP contribution in [0.3, 0.4) is 0 Å². The van der Waals surface area contributed by atoms with Gasteiger partial charge in [0.05, 0.1) is 19.4 Å². The first kappa shape index (κ1) is 19.0. The second-order valence-electron chi connectivity index (χ2n) is 5.87. The molecule has 25 heavy (non-hydrogen) atoms. The van der Waals surface area contributed by atoms with E-state index in [1.807, 2.05) is 12.1 Å². The lowest BCUT2D eigenvalue weighted by atomic mass is 10.1. The summed E-state index contributed by atoms with van der Waals surface area (Å²) in [5.74, 6) is 1.75. The fourth-order valence-electron chi connectivity index (χ4n) is 2.57. The minimum atomic E-state index is 0.648. The molecule has 1 aromatic heterocycles. The van der Waals surface area contributed by atoms with E-state index in [0.717, 1.165) is 37.9 Å². The van der Waals surface area contributed by atoms with E-state index in [9.17, 15) is 0 Å². The van der Waals surface area contributed by atoms with E-state index in [-0.39, 0.29) is 0 Å². The van der Waals surface area contributed by atoms with Crippen LogP contribution in [0.25, 0.3) is 0 Å². The van der Waals surface area contributed by atoms with Crippen molar-refractivity contribution in [3.63, 3.8) is 0 Å². The first-order chi connectivity index (χ1) is 12.2. The average molecular weight is 344 g/mol. The molecule has 0 atom stereocenters. The summed E-state index contributed by atoms with van der Waals surface area (Å²) in [7, 11) is 5.55. The topological polar surface area (TPSA) is 62.0 Å². The normalized spacial score (nSPS) is 11.8. The zero-order chi connectivity index (χ0) is 17.9. The van der Waals surface area contributed by atoms with E-state index in [0.29, 0.717) is 6.61 Å². The summed E-state index contributed by atoms with van der Waals surface area (Å²) in [4.78, 5) is 6.47. The highest BCUT2D eigenvalue weighted by atomic mass is 16.5. The molecule has 1 heterocycles. The third-order valence-corrected chi connectivity index (χ3v) is 3.83. The molecule has 0 aliphatic heterocycles. The van der Waals surface area contributed by atoms with Crippen molar-refractivity contribution in [2.45, 2.75) is 19.6 Å². The largest absolute Gasteiger partial charge is 0.468 e. The molecule has 0 aliphatic rings. The predicted molar refractivity (Wildman–Crippen MR) is 100 cm³/mol. The van der Waals surface area contributed by atoms with Gasteiger partial charge in [0.1, 0.15) is 5.76 Å². The van der Waals surface area contributed by atoms with Gasteiger partial charge < -0.3 is 19.8 Å². The average Bonchev–Trinajstić information content (AvgIpc) is 3.12. The van der Waals surface area contributed by atoms with Crippen molar-refractivity contribution >= 4 is 5.96 Å². The van der Waals surface area contributed by atoms with Crippen molar-refractivity contribution in [1.82, 2.24) is 15.5 Å². The van der Waals surface area contributed by atoms with E-state index in [1.165, 1.54) is 11.1 Å². The third-order valence-electron chi connectivity index (χ3n) is 3.83. The zero-order valence-electron chi connectivity index (χ0n) is 15.3. The van der Waals surface area contributed by atoms with Crippen molar-refractivity contribution in [2.75, 3.05) is 34.4 Å². The molecule has 136 valence electrons. The number of guanidine groups is 1. The maximum absolute atomic E-state index is 5.42. The second-order valence-corrected chi connectivity index (χ2v) is 5.87. The number of rotatable bonds is 9. The Hall–Kier alpha value is -2.31. The molecule has 2 N–H and O–H groups in total.